The Hall–Kier alpha value is -0.760. The molecule has 4 atom stereocenters. The zero-order valence-electron chi connectivity index (χ0n) is 13.8. The first-order valence-corrected chi connectivity index (χ1v) is 8.33. The molecule has 20 heavy (non-hydrogen) atoms. The topological polar surface area (TPSA) is 25.2 Å². The summed E-state index contributed by atoms with van der Waals surface area (Å²) in [6.45, 7) is 12.3. The molecule has 0 amide bonds. The van der Waals surface area contributed by atoms with Gasteiger partial charge < -0.3 is 9.73 Å². The Balaban J connectivity index is 2.17. The predicted octanol–water partition coefficient (Wildman–Crippen LogP) is 5.01. The zero-order chi connectivity index (χ0) is 14.7. The van der Waals surface area contributed by atoms with Gasteiger partial charge in [-0.3, -0.25) is 0 Å². The highest BCUT2D eigenvalue weighted by Gasteiger charge is 2.32. The molecule has 1 heterocycles. The van der Waals surface area contributed by atoms with Gasteiger partial charge in [0, 0.05) is 11.6 Å². The fourth-order valence-electron chi connectivity index (χ4n) is 3.68. The van der Waals surface area contributed by atoms with Crippen molar-refractivity contribution in [1.29, 1.82) is 0 Å². The molecule has 114 valence electrons. The lowest BCUT2D eigenvalue weighted by Crippen LogP contribution is -2.33. The van der Waals surface area contributed by atoms with Crippen LogP contribution in [-0.2, 0) is 0 Å². The van der Waals surface area contributed by atoms with Crippen molar-refractivity contribution in [2.45, 2.75) is 66.3 Å². The molecule has 2 heteroatoms. The van der Waals surface area contributed by atoms with Crippen LogP contribution in [-0.4, -0.2) is 6.54 Å². The molecule has 1 aromatic rings. The van der Waals surface area contributed by atoms with Gasteiger partial charge >= 0.3 is 0 Å². The summed E-state index contributed by atoms with van der Waals surface area (Å²) in [6.07, 6.45) is 5.24. The second-order valence-electron chi connectivity index (χ2n) is 6.83. The second-order valence-corrected chi connectivity index (χ2v) is 6.83. The zero-order valence-corrected chi connectivity index (χ0v) is 13.8. The van der Waals surface area contributed by atoms with Crippen LogP contribution in [0.5, 0.6) is 0 Å². The fourth-order valence-corrected chi connectivity index (χ4v) is 3.68. The van der Waals surface area contributed by atoms with Gasteiger partial charge in [-0.1, -0.05) is 27.2 Å². The van der Waals surface area contributed by atoms with E-state index in [0.717, 1.165) is 35.8 Å². The van der Waals surface area contributed by atoms with Crippen LogP contribution < -0.4 is 5.32 Å². The van der Waals surface area contributed by atoms with Crippen molar-refractivity contribution in [1.82, 2.24) is 5.32 Å². The lowest BCUT2D eigenvalue weighted by molar-refractivity contribution is 0.170. The van der Waals surface area contributed by atoms with Crippen molar-refractivity contribution >= 4 is 0 Å². The molecule has 0 aliphatic heterocycles. The average molecular weight is 277 g/mol. The minimum absolute atomic E-state index is 0.474. The Kier molecular flexibility index (Phi) is 5.31. The van der Waals surface area contributed by atoms with Crippen molar-refractivity contribution in [3.8, 4) is 0 Å². The van der Waals surface area contributed by atoms with Gasteiger partial charge in [-0.25, -0.2) is 0 Å². The molecule has 1 saturated carbocycles. The van der Waals surface area contributed by atoms with Gasteiger partial charge in [0.05, 0.1) is 0 Å². The summed E-state index contributed by atoms with van der Waals surface area (Å²) < 4.78 is 5.77. The number of nitrogens with one attached hydrogen (secondary N) is 1. The fraction of sp³-hybridized carbons (Fsp3) is 0.778. The molecule has 1 aromatic heterocycles. The van der Waals surface area contributed by atoms with Gasteiger partial charge in [0.1, 0.15) is 11.5 Å². The largest absolute Gasteiger partial charge is 0.466 e. The lowest BCUT2D eigenvalue weighted by atomic mass is 9.72. The van der Waals surface area contributed by atoms with E-state index in [2.05, 4.69) is 46.0 Å². The minimum Gasteiger partial charge on any atom is -0.466 e. The smallest absolute Gasteiger partial charge is 0.105 e. The standard InChI is InChI=1S/C18H31NO/c1-6-9-19-18(17-11-14(4)20-15(17)5)16-8-7-12(2)13(3)10-16/h11-13,16,18-19H,6-10H2,1-5H3. The third kappa shape index (κ3) is 3.46. The van der Waals surface area contributed by atoms with Crippen molar-refractivity contribution in [2.24, 2.45) is 17.8 Å². The van der Waals surface area contributed by atoms with Crippen molar-refractivity contribution in [3.63, 3.8) is 0 Å². The molecule has 2 nitrogen and oxygen atoms in total. The maximum absolute atomic E-state index is 5.77. The van der Waals surface area contributed by atoms with Gasteiger partial charge in [-0.2, -0.15) is 0 Å². The Labute approximate surface area is 124 Å². The highest BCUT2D eigenvalue weighted by atomic mass is 16.3. The van der Waals surface area contributed by atoms with Crippen LogP contribution in [0.2, 0.25) is 0 Å². The van der Waals surface area contributed by atoms with Gasteiger partial charge in [-0.15, -0.1) is 0 Å². The Morgan fingerprint density at radius 1 is 1.25 bits per heavy atom. The molecule has 1 fully saturated rings. The third-order valence-electron chi connectivity index (χ3n) is 5.14. The van der Waals surface area contributed by atoms with Crippen LogP contribution in [0, 0.1) is 31.6 Å². The molecule has 1 aliphatic rings. The van der Waals surface area contributed by atoms with Crippen molar-refractivity contribution < 1.29 is 4.42 Å². The highest BCUT2D eigenvalue weighted by molar-refractivity contribution is 5.25. The maximum Gasteiger partial charge on any atom is 0.105 e. The quantitative estimate of drug-likeness (QED) is 0.818. The number of aryl methyl sites for hydroxylation is 2. The molecule has 0 bridgehead atoms. The summed E-state index contributed by atoms with van der Waals surface area (Å²) in [4.78, 5) is 0. The van der Waals surface area contributed by atoms with Gasteiger partial charge in [0.15, 0.2) is 0 Å². The first-order valence-electron chi connectivity index (χ1n) is 8.33. The average Bonchev–Trinajstić information content (AvgIpc) is 2.73. The molecular formula is C18H31NO. The monoisotopic (exact) mass is 277 g/mol. The van der Waals surface area contributed by atoms with Crippen LogP contribution in [0.4, 0.5) is 0 Å². The number of furan rings is 1. The van der Waals surface area contributed by atoms with E-state index >= 15 is 0 Å². The molecule has 1 N–H and O–H groups in total. The normalized spacial score (nSPS) is 28.6. The Bertz CT molecular complexity index is 423. The van der Waals surface area contributed by atoms with Crippen LogP contribution in [0.25, 0.3) is 0 Å². The molecule has 0 spiro atoms. The van der Waals surface area contributed by atoms with Crippen molar-refractivity contribution in [3.05, 3.63) is 23.2 Å². The van der Waals surface area contributed by atoms with E-state index in [-0.39, 0.29) is 0 Å². The molecule has 2 rings (SSSR count). The summed E-state index contributed by atoms with van der Waals surface area (Å²) >= 11 is 0. The number of rotatable bonds is 5. The van der Waals surface area contributed by atoms with Gasteiger partial charge in [0.2, 0.25) is 0 Å². The van der Waals surface area contributed by atoms with E-state index in [1.54, 1.807) is 0 Å². The lowest BCUT2D eigenvalue weighted by Gasteiger charge is -2.37. The SMILES string of the molecule is CCCNC(c1cc(C)oc1C)C1CCC(C)C(C)C1. The maximum atomic E-state index is 5.77. The van der Waals surface area contributed by atoms with Crippen LogP contribution in [0.15, 0.2) is 10.5 Å². The number of hydrogen-bond acceptors (Lipinski definition) is 2. The van der Waals surface area contributed by atoms with E-state index in [9.17, 15) is 0 Å². The molecule has 4 unspecified atom stereocenters. The van der Waals surface area contributed by atoms with Gasteiger partial charge in [-0.05, 0) is 63.5 Å². The third-order valence-corrected chi connectivity index (χ3v) is 5.14. The van der Waals surface area contributed by atoms with Crippen molar-refractivity contribution in [2.75, 3.05) is 6.54 Å². The van der Waals surface area contributed by atoms with E-state index in [1.165, 1.54) is 31.2 Å². The molecule has 0 radical (unpaired) electrons. The minimum atomic E-state index is 0.474. The first kappa shape index (κ1) is 15.6. The summed E-state index contributed by atoms with van der Waals surface area (Å²) in [5, 5.41) is 3.78. The molecular weight excluding hydrogens is 246 g/mol. The van der Waals surface area contributed by atoms with Crippen LogP contribution >= 0.6 is 0 Å². The van der Waals surface area contributed by atoms with E-state index < -0.39 is 0 Å². The highest BCUT2D eigenvalue weighted by Crippen LogP contribution is 2.41. The summed E-state index contributed by atoms with van der Waals surface area (Å²) in [5.74, 6) is 4.61. The first-order chi connectivity index (χ1) is 9.52. The molecule has 1 aliphatic carbocycles. The Morgan fingerprint density at radius 3 is 2.55 bits per heavy atom. The second kappa shape index (κ2) is 6.80. The molecule has 0 aromatic carbocycles. The van der Waals surface area contributed by atoms with Gasteiger partial charge in [0.25, 0.3) is 0 Å². The Morgan fingerprint density at radius 2 is 2.00 bits per heavy atom. The van der Waals surface area contributed by atoms with Crippen LogP contribution in [0.3, 0.4) is 0 Å². The van der Waals surface area contributed by atoms with Crippen LogP contribution in [0.1, 0.15) is 69.6 Å². The van der Waals surface area contributed by atoms with E-state index in [0.29, 0.717) is 6.04 Å². The predicted molar refractivity (Wildman–Crippen MR) is 84.9 cm³/mol. The van der Waals surface area contributed by atoms with E-state index in [4.69, 9.17) is 4.42 Å². The van der Waals surface area contributed by atoms with E-state index in [1.807, 2.05) is 0 Å². The summed E-state index contributed by atoms with van der Waals surface area (Å²) in [6, 6.07) is 2.72. The summed E-state index contributed by atoms with van der Waals surface area (Å²) in [5.41, 5.74) is 1.39. The summed E-state index contributed by atoms with van der Waals surface area (Å²) in [7, 11) is 0. The number of hydrogen-bond donors (Lipinski definition) is 1. The molecule has 0 saturated heterocycles.